The van der Waals surface area contributed by atoms with Gasteiger partial charge in [-0.15, -0.1) is 0 Å². The highest BCUT2D eigenvalue weighted by Gasteiger charge is 2.62. The van der Waals surface area contributed by atoms with E-state index >= 15 is 0 Å². The number of aliphatic carboxylic acids is 1. The molecular weight excluding hydrogens is 348 g/mol. The van der Waals surface area contributed by atoms with Crippen LogP contribution in [0, 0.1) is 52.3 Å². The standard InChI is InChI=1S/C25H40O3/c1-15-9-11-24(3)17(13-15)14-21(26)23-19-7-6-18(16(2)5-8-22(27)28)25(19,4)12-10-20(23)24/h15-20,23H,5-14H2,1-4H3,(H,27,28)/t15-,16-,17+,18-,19?,20?,23+,24+,25-/m1/s1. The molecule has 0 bridgehead atoms. The highest BCUT2D eigenvalue weighted by Crippen LogP contribution is 2.67. The molecule has 3 heteroatoms. The van der Waals surface area contributed by atoms with Crippen molar-refractivity contribution in [3.63, 3.8) is 0 Å². The third-order valence-corrected chi connectivity index (χ3v) is 10.3. The van der Waals surface area contributed by atoms with Crippen LogP contribution in [0.1, 0.15) is 91.9 Å². The first-order chi connectivity index (χ1) is 13.2. The Hall–Kier alpha value is -0.860. The van der Waals surface area contributed by atoms with E-state index in [0.717, 1.165) is 18.8 Å². The molecule has 158 valence electrons. The Bertz CT molecular complexity index is 642. The van der Waals surface area contributed by atoms with Gasteiger partial charge in [-0.2, -0.15) is 0 Å². The van der Waals surface area contributed by atoms with Gasteiger partial charge in [0.25, 0.3) is 0 Å². The summed E-state index contributed by atoms with van der Waals surface area (Å²) < 4.78 is 0. The van der Waals surface area contributed by atoms with Crippen molar-refractivity contribution < 1.29 is 14.7 Å². The van der Waals surface area contributed by atoms with Crippen LogP contribution < -0.4 is 0 Å². The van der Waals surface area contributed by atoms with Crippen molar-refractivity contribution in [2.24, 2.45) is 52.3 Å². The predicted molar refractivity (Wildman–Crippen MR) is 111 cm³/mol. The molecule has 0 spiro atoms. The van der Waals surface area contributed by atoms with Gasteiger partial charge in [-0.3, -0.25) is 9.59 Å². The first-order valence-electron chi connectivity index (χ1n) is 11.9. The van der Waals surface area contributed by atoms with Crippen LogP contribution in [0.4, 0.5) is 0 Å². The van der Waals surface area contributed by atoms with Crippen LogP contribution in [-0.2, 0) is 9.59 Å². The molecule has 4 saturated carbocycles. The fourth-order valence-electron chi connectivity index (χ4n) is 8.67. The predicted octanol–water partition coefficient (Wildman–Crippen LogP) is 5.96. The molecule has 4 rings (SSSR count). The lowest BCUT2D eigenvalue weighted by atomic mass is 9.43. The zero-order valence-electron chi connectivity index (χ0n) is 18.4. The number of hydrogen-bond donors (Lipinski definition) is 1. The molecule has 4 fully saturated rings. The summed E-state index contributed by atoms with van der Waals surface area (Å²) in [6, 6.07) is 0. The molecule has 0 aromatic carbocycles. The number of fused-ring (bicyclic) bond motifs is 5. The van der Waals surface area contributed by atoms with Crippen molar-refractivity contribution in [2.75, 3.05) is 0 Å². The number of Topliss-reactive ketones (excluding diaryl/α,β-unsaturated/α-hetero) is 1. The lowest BCUT2D eigenvalue weighted by molar-refractivity contribution is -0.158. The normalized spacial score (nSPS) is 49.1. The second-order valence-corrected chi connectivity index (χ2v) is 11.6. The van der Waals surface area contributed by atoms with Crippen LogP contribution in [0.3, 0.4) is 0 Å². The van der Waals surface area contributed by atoms with Crippen molar-refractivity contribution in [3.05, 3.63) is 0 Å². The van der Waals surface area contributed by atoms with Crippen molar-refractivity contribution >= 4 is 11.8 Å². The van der Waals surface area contributed by atoms with Crippen molar-refractivity contribution in [3.8, 4) is 0 Å². The Kier molecular flexibility index (Phi) is 5.20. The van der Waals surface area contributed by atoms with E-state index in [9.17, 15) is 9.59 Å². The molecule has 0 aliphatic heterocycles. The largest absolute Gasteiger partial charge is 0.481 e. The molecule has 28 heavy (non-hydrogen) atoms. The van der Waals surface area contributed by atoms with Crippen LogP contribution >= 0.6 is 0 Å². The molecule has 0 aromatic rings. The van der Waals surface area contributed by atoms with E-state index in [4.69, 9.17) is 5.11 Å². The van der Waals surface area contributed by atoms with Gasteiger partial charge in [0.2, 0.25) is 0 Å². The van der Waals surface area contributed by atoms with Gasteiger partial charge < -0.3 is 5.11 Å². The first-order valence-corrected chi connectivity index (χ1v) is 11.9. The summed E-state index contributed by atoms with van der Waals surface area (Å²) in [5.41, 5.74) is 0.610. The topological polar surface area (TPSA) is 54.4 Å². The van der Waals surface area contributed by atoms with Gasteiger partial charge in [0.15, 0.2) is 0 Å². The molecular formula is C25H40O3. The number of hydrogen-bond acceptors (Lipinski definition) is 2. The van der Waals surface area contributed by atoms with E-state index in [2.05, 4.69) is 27.7 Å². The maximum atomic E-state index is 13.4. The summed E-state index contributed by atoms with van der Waals surface area (Å²) in [6.07, 6.45) is 10.6. The highest BCUT2D eigenvalue weighted by molar-refractivity contribution is 5.83. The number of ketones is 1. The van der Waals surface area contributed by atoms with Gasteiger partial charge in [-0.05, 0) is 91.3 Å². The van der Waals surface area contributed by atoms with Gasteiger partial charge in [0, 0.05) is 18.8 Å². The summed E-state index contributed by atoms with van der Waals surface area (Å²) >= 11 is 0. The second kappa shape index (κ2) is 7.13. The second-order valence-electron chi connectivity index (χ2n) is 11.6. The van der Waals surface area contributed by atoms with Gasteiger partial charge in [-0.25, -0.2) is 0 Å². The fraction of sp³-hybridized carbons (Fsp3) is 0.920. The zero-order chi connectivity index (χ0) is 20.3. The summed E-state index contributed by atoms with van der Waals surface area (Å²) in [4.78, 5) is 24.5. The molecule has 3 nitrogen and oxygen atoms in total. The van der Waals surface area contributed by atoms with Gasteiger partial charge in [0.05, 0.1) is 0 Å². The van der Waals surface area contributed by atoms with E-state index in [0.29, 0.717) is 40.8 Å². The molecule has 0 saturated heterocycles. The Morgan fingerprint density at radius 3 is 2.50 bits per heavy atom. The van der Waals surface area contributed by atoms with Crippen molar-refractivity contribution in [1.29, 1.82) is 0 Å². The monoisotopic (exact) mass is 388 g/mol. The van der Waals surface area contributed by atoms with Crippen LogP contribution in [0.25, 0.3) is 0 Å². The summed E-state index contributed by atoms with van der Waals surface area (Å²) in [5.74, 6) is 3.74. The van der Waals surface area contributed by atoms with Gasteiger partial charge in [-0.1, -0.05) is 34.1 Å². The van der Waals surface area contributed by atoms with Crippen molar-refractivity contribution in [1.82, 2.24) is 0 Å². The number of carboxylic acid groups (broad SMARTS) is 1. The number of carbonyl (C=O) groups excluding carboxylic acids is 1. The average molecular weight is 389 g/mol. The molecule has 4 aliphatic carbocycles. The molecule has 0 amide bonds. The van der Waals surface area contributed by atoms with E-state index in [-0.39, 0.29) is 17.8 Å². The quantitative estimate of drug-likeness (QED) is 0.646. The van der Waals surface area contributed by atoms with E-state index < -0.39 is 5.97 Å². The van der Waals surface area contributed by atoms with Crippen LogP contribution in [0.5, 0.6) is 0 Å². The van der Waals surface area contributed by atoms with Crippen LogP contribution in [0.2, 0.25) is 0 Å². The molecule has 0 aromatic heterocycles. The van der Waals surface area contributed by atoms with Gasteiger partial charge >= 0.3 is 5.97 Å². The third kappa shape index (κ3) is 3.06. The smallest absolute Gasteiger partial charge is 0.303 e. The Labute approximate surface area is 171 Å². The summed E-state index contributed by atoms with van der Waals surface area (Å²) in [5, 5.41) is 9.10. The van der Waals surface area contributed by atoms with E-state index in [1.807, 2.05) is 0 Å². The molecule has 4 aliphatic rings. The Balaban J connectivity index is 1.56. The van der Waals surface area contributed by atoms with Crippen LogP contribution in [0.15, 0.2) is 0 Å². The van der Waals surface area contributed by atoms with Crippen LogP contribution in [-0.4, -0.2) is 16.9 Å². The zero-order valence-corrected chi connectivity index (χ0v) is 18.4. The maximum absolute atomic E-state index is 13.4. The third-order valence-electron chi connectivity index (χ3n) is 10.3. The SMILES string of the molecule is C[C@@H]1CC[C@]2(C)C3CC[C@@]4(C)C(CC[C@@H]4[C@H](C)CCC(=O)O)[C@@H]3C(=O)C[C@@H]2C1. The van der Waals surface area contributed by atoms with E-state index in [1.54, 1.807) is 0 Å². The molecule has 2 unspecified atom stereocenters. The number of carboxylic acids is 1. The van der Waals surface area contributed by atoms with Gasteiger partial charge in [0.1, 0.15) is 5.78 Å². The molecule has 0 heterocycles. The first kappa shape index (κ1) is 20.4. The fourth-order valence-corrected chi connectivity index (χ4v) is 8.67. The van der Waals surface area contributed by atoms with Crippen molar-refractivity contribution in [2.45, 2.75) is 91.9 Å². The minimum absolute atomic E-state index is 0.236. The highest BCUT2D eigenvalue weighted by atomic mass is 16.4. The maximum Gasteiger partial charge on any atom is 0.303 e. The lowest BCUT2D eigenvalue weighted by Gasteiger charge is -2.60. The number of carbonyl (C=O) groups is 2. The summed E-state index contributed by atoms with van der Waals surface area (Å²) in [7, 11) is 0. The average Bonchev–Trinajstić information content (AvgIpc) is 2.98. The summed E-state index contributed by atoms with van der Waals surface area (Å²) in [6.45, 7) is 9.61. The molecule has 1 N–H and O–H groups in total. The molecule has 0 radical (unpaired) electrons. The lowest BCUT2D eigenvalue weighted by Crippen LogP contribution is -2.57. The minimum Gasteiger partial charge on any atom is -0.481 e. The van der Waals surface area contributed by atoms with E-state index in [1.165, 1.54) is 44.9 Å². The Morgan fingerprint density at radius 2 is 1.79 bits per heavy atom. The Morgan fingerprint density at radius 1 is 1.11 bits per heavy atom. The number of rotatable bonds is 4. The molecule has 9 atom stereocenters. The minimum atomic E-state index is -0.678.